The van der Waals surface area contributed by atoms with Crippen molar-refractivity contribution in [3.63, 3.8) is 0 Å². The van der Waals surface area contributed by atoms with E-state index in [-0.39, 0.29) is 0 Å². The van der Waals surface area contributed by atoms with Crippen LogP contribution in [0.2, 0.25) is 0 Å². The Morgan fingerprint density at radius 1 is 0.483 bits per heavy atom. The summed E-state index contributed by atoms with van der Waals surface area (Å²) in [5, 5.41) is 2.83. The monoisotopic (exact) mass is 740 g/mol. The quantitative estimate of drug-likeness (QED) is 0.161. The zero-order chi connectivity index (χ0) is 38.2. The van der Waals surface area contributed by atoms with Gasteiger partial charge in [0.2, 0.25) is 0 Å². The first-order valence-electron chi connectivity index (χ1n) is 20.5. The lowest BCUT2D eigenvalue weighted by Gasteiger charge is -2.40. The highest BCUT2D eigenvalue weighted by Gasteiger charge is 2.36. The number of hydrogen-bond acceptors (Lipinski definition) is 2. The van der Waals surface area contributed by atoms with Crippen LogP contribution in [-0.4, -0.2) is 0 Å². The van der Waals surface area contributed by atoms with Crippen LogP contribution < -0.4 is 9.80 Å². The molecule has 0 saturated heterocycles. The number of anilines is 5. The van der Waals surface area contributed by atoms with Crippen LogP contribution in [0.4, 0.5) is 28.4 Å². The summed E-state index contributed by atoms with van der Waals surface area (Å²) in [4.78, 5) is 4.88. The van der Waals surface area contributed by atoms with Crippen molar-refractivity contribution in [3.8, 4) is 11.1 Å². The van der Waals surface area contributed by atoms with E-state index in [1.54, 1.807) is 0 Å². The van der Waals surface area contributed by atoms with E-state index in [1.807, 2.05) is 0 Å². The highest BCUT2D eigenvalue weighted by Crippen LogP contribution is 2.51. The molecule has 0 spiro atoms. The Morgan fingerprint density at radius 3 is 1.83 bits per heavy atom. The Morgan fingerprint density at radius 2 is 1.10 bits per heavy atom. The maximum atomic E-state index is 2.44. The Bertz CT molecular complexity index is 2980. The van der Waals surface area contributed by atoms with Gasteiger partial charge in [-0.2, -0.15) is 0 Å². The molecule has 6 aromatic carbocycles. The number of benzene rings is 6. The van der Waals surface area contributed by atoms with Gasteiger partial charge in [0.05, 0.1) is 11.4 Å². The first-order chi connectivity index (χ1) is 28.8. The summed E-state index contributed by atoms with van der Waals surface area (Å²) >= 11 is 0. The molecule has 12 rings (SSSR count). The predicted molar refractivity (Wildman–Crippen MR) is 244 cm³/mol. The lowest BCUT2D eigenvalue weighted by atomic mass is 9.68. The minimum absolute atomic E-state index is 0.311. The predicted octanol–water partition coefficient (Wildman–Crippen LogP) is 14.4. The molecule has 0 aromatic heterocycles. The second-order valence-corrected chi connectivity index (χ2v) is 16.0. The molecule has 6 aliphatic rings. The minimum Gasteiger partial charge on any atom is -0.310 e. The summed E-state index contributed by atoms with van der Waals surface area (Å²) in [5.41, 5.74) is 21.8. The molecule has 6 aliphatic carbocycles. The molecule has 58 heavy (non-hydrogen) atoms. The summed E-state index contributed by atoms with van der Waals surface area (Å²) in [7, 11) is 0. The van der Waals surface area contributed by atoms with Crippen molar-refractivity contribution < 1.29 is 0 Å². The summed E-state index contributed by atoms with van der Waals surface area (Å²) in [5.74, 6) is 0.311. The maximum Gasteiger partial charge on any atom is 0.0546 e. The first kappa shape index (κ1) is 33.0. The van der Waals surface area contributed by atoms with Gasteiger partial charge in [-0.25, -0.2) is 0 Å². The van der Waals surface area contributed by atoms with Crippen LogP contribution >= 0.6 is 0 Å². The van der Waals surface area contributed by atoms with Crippen LogP contribution in [0.1, 0.15) is 28.7 Å². The Hall–Kier alpha value is -7.16. The zero-order valence-corrected chi connectivity index (χ0v) is 32.1. The molecule has 0 saturated carbocycles. The molecule has 2 nitrogen and oxygen atoms in total. The summed E-state index contributed by atoms with van der Waals surface area (Å²) in [6.45, 7) is 0. The standard InChI is InChI=1S/C56H40N2/c1-3-17-45(18-4-1)57(51-35-43-15-7-11-39-23-25-41-13-9-21-49(51)55(41)53(39)43)47-31-27-37(28-32-47)38-29-33-48(34-30-38)58(46-19-5-2-6-20-46)52-36-44-16-8-12-40-24-26-42-14-10-22-50(52)56(42)54(40)44/h1-11,15-36,53H,12-14H2. The highest BCUT2D eigenvalue weighted by atomic mass is 15.2. The lowest BCUT2D eigenvalue weighted by Crippen LogP contribution is -2.28. The Kier molecular flexibility index (Phi) is 7.53. The SMILES string of the molecule is C1=CC2=CC=C3CC=CC4=C3C2C(=C1)C=C4N(c1ccccc1)c1ccc(-c2ccc(N(c3ccccc3)c3cc4c5c(ccc6c5c3C=CC6)CC=C4)cc2)cc1. The van der Waals surface area contributed by atoms with E-state index in [0.29, 0.717) is 5.92 Å². The third kappa shape index (κ3) is 5.18. The minimum atomic E-state index is 0.311. The smallest absolute Gasteiger partial charge is 0.0546 e. The van der Waals surface area contributed by atoms with E-state index in [2.05, 4.69) is 210 Å². The second-order valence-electron chi connectivity index (χ2n) is 16.0. The number of rotatable bonds is 7. The molecule has 0 amide bonds. The van der Waals surface area contributed by atoms with Gasteiger partial charge in [-0.1, -0.05) is 140 Å². The molecule has 0 bridgehead atoms. The fraction of sp³-hybridized carbons (Fsp3) is 0.0714. The number of para-hydroxylation sites is 2. The fourth-order valence-corrected chi connectivity index (χ4v) is 10.1. The van der Waals surface area contributed by atoms with E-state index in [4.69, 9.17) is 0 Å². The molecule has 274 valence electrons. The molecule has 0 fully saturated rings. The van der Waals surface area contributed by atoms with Crippen molar-refractivity contribution in [3.05, 3.63) is 244 Å². The van der Waals surface area contributed by atoms with E-state index >= 15 is 0 Å². The maximum absolute atomic E-state index is 2.44. The summed E-state index contributed by atoms with van der Waals surface area (Å²) in [6, 6.07) is 47.0. The lowest BCUT2D eigenvalue weighted by molar-refractivity contribution is 0.818. The van der Waals surface area contributed by atoms with Crippen LogP contribution in [0.15, 0.2) is 222 Å². The molecule has 2 heteroatoms. The normalized spacial score (nSPS) is 17.7. The third-order valence-corrected chi connectivity index (χ3v) is 12.7. The van der Waals surface area contributed by atoms with Crippen LogP contribution in [0.5, 0.6) is 0 Å². The third-order valence-electron chi connectivity index (χ3n) is 12.7. The van der Waals surface area contributed by atoms with Crippen LogP contribution in [0, 0.1) is 5.92 Å². The van der Waals surface area contributed by atoms with Gasteiger partial charge in [-0.15, -0.1) is 0 Å². The van der Waals surface area contributed by atoms with Crippen molar-refractivity contribution in [2.24, 2.45) is 5.92 Å². The summed E-state index contributed by atoms with van der Waals surface area (Å²) < 4.78 is 0. The average Bonchev–Trinajstić information content (AvgIpc) is 3.29. The van der Waals surface area contributed by atoms with E-state index < -0.39 is 0 Å². The molecule has 0 radical (unpaired) electrons. The van der Waals surface area contributed by atoms with Gasteiger partial charge in [-0.05, 0) is 141 Å². The largest absolute Gasteiger partial charge is 0.310 e. The fourth-order valence-electron chi connectivity index (χ4n) is 10.1. The molecule has 1 atom stereocenters. The Balaban J connectivity index is 0.929. The van der Waals surface area contributed by atoms with Gasteiger partial charge in [0.15, 0.2) is 0 Å². The highest BCUT2D eigenvalue weighted by molar-refractivity contribution is 6.08. The molecular formula is C56H40N2. The van der Waals surface area contributed by atoms with E-state index in [1.165, 1.54) is 83.4 Å². The number of allylic oxidation sites excluding steroid dienone is 14. The molecule has 0 heterocycles. The number of nitrogens with zero attached hydrogens (tertiary/aromatic N) is 2. The number of hydrogen-bond donors (Lipinski definition) is 0. The van der Waals surface area contributed by atoms with Gasteiger partial charge in [0.1, 0.15) is 0 Å². The van der Waals surface area contributed by atoms with Crippen molar-refractivity contribution >= 4 is 51.4 Å². The van der Waals surface area contributed by atoms with Crippen LogP contribution in [0.25, 0.3) is 34.1 Å². The second kappa shape index (κ2) is 13.2. The van der Waals surface area contributed by atoms with Crippen LogP contribution in [-0.2, 0) is 12.8 Å². The van der Waals surface area contributed by atoms with E-state index in [9.17, 15) is 0 Å². The van der Waals surface area contributed by atoms with Gasteiger partial charge >= 0.3 is 0 Å². The molecular weight excluding hydrogens is 701 g/mol. The Labute approximate surface area is 340 Å². The molecule has 1 unspecified atom stereocenters. The van der Waals surface area contributed by atoms with Crippen molar-refractivity contribution in [2.75, 3.05) is 9.80 Å². The molecule has 0 aliphatic heterocycles. The van der Waals surface area contributed by atoms with Crippen molar-refractivity contribution in [2.45, 2.75) is 19.3 Å². The zero-order valence-electron chi connectivity index (χ0n) is 32.1. The summed E-state index contributed by atoms with van der Waals surface area (Å²) in [6.07, 6.45) is 30.8. The van der Waals surface area contributed by atoms with Gasteiger partial charge < -0.3 is 9.80 Å². The topological polar surface area (TPSA) is 6.48 Å². The van der Waals surface area contributed by atoms with E-state index in [0.717, 1.165) is 42.0 Å². The van der Waals surface area contributed by atoms with Gasteiger partial charge in [-0.3, -0.25) is 0 Å². The molecule has 6 aromatic rings. The van der Waals surface area contributed by atoms with Gasteiger partial charge in [0.25, 0.3) is 0 Å². The first-order valence-corrected chi connectivity index (χ1v) is 20.5. The average molecular weight is 741 g/mol. The van der Waals surface area contributed by atoms with Crippen molar-refractivity contribution in [1.29, 1.82) is 0 Å². The van der Waals surface area contributed by atoms with Crippen molar-refractivity contribution in [1.82, 2.24) is 0 Å². The van der Waals surface area contributed by atoms with Gasteiger partial charge in [0, 0.05) is 39.8 Å². The van der Waals surface area contributed by atoms with Crippen LogP contribution in [0.3, 0.4) is 0 Å². The molecule has 0 N–H and O–H groups in total.